The Morgan fingerprint density at radius 1 is 0.800 bits per heavy atom. The Bertz CT molecular complexity index is 1210. The molecule has 5 heteroatoms. The summed E-state index contributed by atoms with van der Waals surface area (Å²) in [4.78, 5) is 13.8. The van der Waals surface area contributed by atoms with Crippen LogP contribution in [0.25, 0.3) is 27.5 Å². The van der Waals surface area contributed by atoms with E-state index in [2.05, 4.69) is 28.3 Å². The van der Waals surface area contributed by atoms with E-state index in [1.807, 2.05) is 47.1 Å². The lowest BCUT2D eigenvalue weighted by Crippen LogP contribution is -1.97. The summed E-state index contributed by atoms with van der Waals surface area (Å²) in [5.74, 6) is 0.825. The first kappa shape index (κ1) is 14.0. The fraction of sp³-hybridized carbons (Fsp3) is 0.100. The molecule has 4 aromatic heterocycles. The van der Waals surface area contributed by atoms with Gasteiger partial charge in [-0.25, -0.2) is 9.50 Å². The second-order valence-electron chi connectivity index (χ2n) is 6.04. The van der Waals surface area contributed by atoms with Crippen molar-refractivity contribution in [2.24, 2.45) is 0 Å². The lowest BCUT2D eigenvalue weighted by molar-refractivity contribution is 0.824. The first-order chi connectivity index (χ1) is 12.4. The number of rotatable bonds is 3. The fourth-order valence-corrected chi connectivity index (χ4v) is 3.13. The highest BCUT2D eigenvalue weighted by Gasteiger charge is 2.08. The molecular formula is C20H15N5. The topological polar surface area (TPSA) is 56.0 Å². The van der Waals surface area contributed by atoms with Gasteiger partial charge in [0.2, 0.25) is 0 Å². The van der Waals surface area contributed by atoms with Gasteiger partial charge in [-0.3, -0.25) is 9.97 Å². The van der Waals surface area contributed by atoms with E-state index in [-0.39, 0.29) is 0 Å². The first-order valence-corrected chi connectivity index (χ1v) is 8.30. The third kappa shape index (κ3) is 2.50. The molecule has 0 bridgehead atoms. The molecule has 4 heterocycles. The van der Waals surface area contributed by atoms with Gasteiger partial charge in [-0.1, -0.05) is 24.3 Å². The number of benzene rings is 1. The summed E-state index contributed by atoms with van der Waals surface area (Å²) in [6.07, 6.45) is 5.28. The van der Waals surface area contributed by atoms with Crippen LogP contribution in [0.1, 0.15) is 11.5 Å². The molecule has 0 radical (unpaired) electrons. The maximum atomic E-state index is 4.72. The van der Waals surface area contributed by atoms with Gasteiger partial charge in [-0.2, -0.15) is 5.10 Å². The Balaban J connectivity index is 1.46. The van der Waals surface area contributed by atoms with E-state index >= 15 is 0 Å². The summed E-state index contributed by atoms with van der Waals surface area (Å²) in [7, 11) is 0. The van der Waals surface area contributed by atoms with Crippen molar-refractivity contribution in [1.82, 2.24) is 24.6 Å². The molecular weight excluding hydrogens is 310 g/mol. The average Bonchev–Trinajstić information content (AvgIpc) is 3.10. The van der Waals surface area contributed by atoms with E-state index in [1.54, 1.807) is 6.20 Å². The maximum absolute atomic E-state index is 4.72. The molecule has 0 unspecified atom stereocenters. The Morgan fingerprint density at radius 3 is 2.76 bits per heavy atom. The highest BCUT2D eigenvalue weighted by Crippen LogP contribution is 2.17. The standard InChI is InChI=1S/C20H15N5/c1-2-6-17-14(4-1)7-8-15(22-17)9-10-19-23-20-16-5-3-12-21-18(16)11-13-25(20)24-19/h1-8,11-13H,9-10H2. The van der Waals surface area contributed by atoms with Crippen molar-refractivity contribution in [2.75, 3.05) is 0 Å². The van der Waals surface area contributed by atoms with Crippen molar-refractivity contribution in [1.29, 1.82) is 0 Å². The van der Waals surface area contributed by atoms with Crippen LogP contribution in [0.4, 0.5) is 0 Å². The van der Waals surface area contributed by atoms with Gasteiger partial charge in [-0.05, 0) is 36.8 Å². The third-order valence-electron chi connectivity index (χ3n) is 4.39. The van der Waals surface area contributed by atoms with Crippen LogP contribution in [0.2, 0.25) is 0 Å². The van der Waals surface area contributed by atoms with E-state index in [0.717, 1.165) is 51.8 Å². The zero-order valence-corrected chi connectivity index (χ0v) is 13.5. The van der Waals surface area contributed by atoms with Crippen LogP contribution in [0, 0.1) is 0 Å². The number of nitrogens with zero attached hydrogens (tertiary/aromatic N) is 5. The van der Waals surface area contributed by atoms with E-state index in [1.165, 1.54) is 0 Å². The van der Waals surface area contributed by atoms with Crippen molar-refractivity contribution < 1.29 is 0 Å². The zero-order valence-electron chi connectivity index (χ0n) is 13.5. The molecule has 0 aliphatic carbocycles. The van der Waals surface area contributed by atoms with Gasteiger partial charge in [0.05, 0.1) is 11.0 Å². The molecule has 25 heavy (non-hydrogen) atoms. The number of aromatic nitrogens is 5. The lowest BCUT2D eigenvalue weighted by atomic mass is 10.1. The molecule has 5 aromatic rings. The third-order valence-corrected chi connectivity index (χ3v) is 4.39. The molecule has 0 saturated heterocycles. The highest BCUT2D eigenvalue weighted by atomic mass is 15.3. The number of pyridine rings is 3. The minimum Gasteiger partial charge on any atom is -0.256 e. The number of hydrogen-bond donors (Lipinski definition) is 0. The number of fused-ring (bicyclic) bond motifs is 4. The molecule has 0 spiro atoms. The summed E-state index contributed by atoms with van der Waals surface area (Å²) in [5, 5.41) is 6.77. The van der Waals surface area contributed by atoms with Crippen LogP contribution in [-0.4, -0.2) is 24.6 Å². The number of para-hydroxylation sites is 1. The molecule has 5 rings (SSSR count). The average molecular weight is 325 g/mol. The van der Waals surface area contributed by atoms with Gasteiger partial charge in [-0.15, -0.1) is 0 Å². The molecule has 0 N–H and O–H groups in total. The molecule has 0 saturated carbocycles. The molecule has 120 valence electrons. The molecule has 0 amide bonds. The lowest BCUT2D eigenvalue weighted by Gasteiger charge is -2.01. The van der Waals surface area contributed by atoms with Crippen molar-refractivity contribution in [3.63, 3.8) is 0 Å². The second-order valence-corrected chi connectivity index (χ2v) is 6.04. The number of hydrogen-bond acceptors (Lipinski definition) is 4. The maximum Gasteiger partial charge on any atom is 0.164 e. The predicted octanol–water partition coefficient (Wildman–Crippen LogP) is 3.61. The van der Waals surface area contributed by atoms with E-state index < -0.39 is 0 Å². The fourth-order valence-electron chi connectivity index (χ4n) is 3.13. The second kappa shape index (κ2) is 5.63. The molecule has 1 aromatic carbocycles. The molecule has 0 atom stereocenters. The van der Waals surface area contributed by atoms with Crippen LogP contribution < -0.4 is 0 Å². The summed E-state index contributed by atoms with van der Waals surface area (Å²) >= 11 is 0. The summed E-state index contributed by atoms with van der Waals surface area (Å²) < 4.78 is 1.83. The van der Waals surface area contributed by atoms with Gasteiger partial charge >= 0.3 is 0 Å². The van der Waals surface area contributed by atoms with Crippen LogP contribution >= 0.6 is 0 Å². The summed E-state index contributed by atoms with van der Waals surface area (Å²) in [6.45, 7) is 0. The van der Waals surface area contributed by atoms with Gasteiger partial charge in [0, 0.05) is 35.3 Å². The monoisotopic (exact) mass is 325 g/mol. The Morgan fingerprint density at radius 2 is 1.76 bits per heavy atom. The zero-order chi connectivity index (χ0) is 16.6. The molecule has 0 aliphatic rings. The normalized spacial score (nSPS) is 11.5. The Hall–Kier alpha value is -3.34. The van der Waals surface area contributed by atoms with Crippen molar-refractivity contribution in [3.05, 3.63) is 78.5 Å². The first-order valence-electron chi connectivity index (χ1n) is 8.30. The van der Waals surface area contributed by atoms with Crippen LogP contribution in [0.15, 0.2) is 67.0 Å². The van der Waals surface area contributed by atoms with E-state index in [9.17, 15) is 0 Å². The molecule has 0 fully saturated rings. The summed E-state index contributed by atoms with van der Waals surface area (Å²) in [6, 6.07) is 18.3. The van der Waals surface area contributed by atoms with Crippen LogP contribution in [-0.2, 0) is 12.8 Å². The summed E-state index contributed by atoms with van der Waals surface area (Å²) in [5.41, 5.74) is 3.88. The largest absolute Gasteiger partial charge is 0.256 e. The van der Waals surface area contributed by atoms with Crippen molar-refractivity contribution >= 4 is 27.5 Å². The van der Waals surface area contributed by atoms with E-state index in [4.69, 9.17) is 9.97 Å². The minimum absolute atomic E-state index is 0.759. The Kier molecular flexibility index (Phi) is 3.16. The van der Waals surface area contributed by atoms with Gasteiger partial charge in [0.25, 0.3) is 0 Å². The predicted molar refractivity (Wildman–Crippen MR) is 97.4 cm³/mol. The minimum atomic E-state index is 0.759. The Labute approximate surface area is 144 Å². The van der Waals surface area contributed by atoms with Gasteiger partial charge in [0.1, 0.15) is 0 Å². The van der Waals surface area contributed by atoms with Gasteiger partial charge < -0.3 is 0 Å². The SMILES string of the molecule is c1ccc2nc(CCc3nc4c5cccnc5ccn4n3)ccc2c1. The van der Waals surface area contributed by atoms with Crippen molar-refractivity contribution in [3.8, 4) is 0 Å². The molecule has 0 aliphatic heterocycles. The van der Waals surface area contributed by atoms with Crippen LogP contribution in [0.3, 0.4) is 0 Å². The van der Waals surface area contributed by atoms with E-state index in [0.29, 0.717) is 0 Å². The van der Waals surface area contributed by atoms with Crippen LogP contribution in [0.5, 0.6) is 0 Å². The smallest absolute Gasteiger partial charge is 0.164 e. The number of aryl methyl sites for hydroxylation is 2. The highest BCUT2D eigenvalue weighted by molar-refractivity contribution is 5.90. The van der Waals surface area contributed by atoms with Crippen molar-refractivity contribution in [2.45, 2.75) is 12.8 Å². The molecule has 5 nitrogen and oxygen atoms in total. The van der Waals surface area contributed by atoms with Gasteiger partial charge in [0.15, 0.2) is 11.5 Å². The quantitative estimate of drug-likeness (QED) is 0.508.